The van der Waals surface area contributed by atoms with Gasteiger partial charge in [-0.15, -0.1) is 5.10 Å². The van der Waals surface area contributed by atoms with Gasteiger partial charge in [0.1, 0.15) is 17.2 Å². The van der Waals surface area contributed by atoms with Gasteiger partial charge in [-0.25, -0.2) is 4.68 Å². The van der Waals surface area contributed by atoms with Gasteiger partial charge < -0.3 is 19.1 Å². The smallest absolute Gasteiger partial charge is 0.333 e. The molecule has 3 aromatic rings. The number of methoxy groups -OCH3 is 3. The third kappa shape index (κ3) is 3.49. The summed E-state index contributed by atoms with van der Waals surface area (Å²) in [7, 11) is 4.71. The number of benzene rings is 2. The van der Waals surface area contributed by atoms with Gasteiger partial charge in [0, 0.05) is 24.8 Å². The van der Waals surface area contributed by atoms with Crippen LogP contribution in [0.5, 0.6) is 17.2 Å². The Labute approximate surface area is 172 Å². The topological polar surface area (TPSA) is 87.8 Å². The maximum atomic E-state index is 12.7. The van der Waals surface area contributed by atoms with Crippen molar-refractivity contribution in [3.8, 4) is 17.2 Å². The van der Waals surface area contributed by atoms with Crippen molar-refractivity contribution >= 4 is 11.6 Å². The number of hydrogen-bond donors (Lipinski definition) is 0. The monoisotopic (exact) mass is 410 g/mol. The van der Waals surface area contributed by atoms with Crippen molar-refractivity contribution in [1.82, 2.24) is 14.3 Å². The van der Waals surface area contributed by atoms with E-state index in [2.05, 4.69) is 5.10 Å². The summed E-state index contributed by atoms with van der Waals surface area (Å²) in [5.41, 5.74) is 0.337. The standard InChI is InChI=1S/C21H22N4O5/c1-28-16-6-4-15(5-7-16)23-8-9-24-19(26)20(27)25(22-21(23)24)13-14-10-17(29-2)12-18(11-14)30-3/h4-7,10-12H,8-9,13H2,1-3H3. The molecule has 0 atom stereocenters. The minimum Gasteiger partial charge on any atom is -0.497 e. The molecule has 0 saturated heterocycles. The molecule has 0 amide bonds. The predicted octanol–water partition coefficient (Wildman–Crippen LogP) is 1.63. The largest absolute Gasteiger partial charge is 0.497 e. The molecule has 1 aromatic heterocycles. The zero-order valence-electron chi connectivity index (χ0n) is 17.0. The number of rotatable bonds is 6. The van der Waals surface area contributed by atoms with Crippen molar-refractivity contribution in [2.24, 2.45) is 0 Å². The maximum absolute atomic E-state index is 12.7. The lowest BCUT2D eigenvalue weighted by molar-refractivity contribution is 0.393. The molecular formula is C21H22N4O5. The van der Waals surface area contributed by atoms with Gasteiger partial charge in [-0.05, 0) is 42.0 Å². The number of anilines is 2. The Hall–Kier alpha value is -3.75. The first-order chi connectivity index (χ1) is 14.5. The summed E-state index contributed by atoms with van der Waals surface area (Å²) in [5, 5.41) is 4.50. The van der Waals surface area contributed by atoms with Gasteiger partial charge in [0.05, 0.1) is 27.9 Å². The third-order valence-corrected chi connectivity index (χ3v) is 5.03. The molecule has 2 heterocycles. The lowest BCUT2D eigenvalue weighted by Crippen LogP contribution is -2.42. The third-order valence-electron chi connectivity index (χ3n) is 5.03. The Morgan fingerprint density at radius 1 is 0.833 bits per heavy atom. The van der Waals surface area contributed by atoms with Gasteiger partial charge >= 0.3 is 11.1 Å². The number of hydrogen-bond acceptors (Lipinski definition) is 7. The highest BCUT2D eigenvalue weighted by Gasteiger charge is 2.26. The first-order valence-electron chi connectivity index (χ1n) is 9.39. The minimum atomic E-state index is -0.669. The van der Waals surface area contributed by atoms with E-state index in [4.69, 9.17) is 14.2 Å². The van der Waals surface area contributed by atoms with Crippen LogP contribution in [0.25, 0.3) is 0 Å². The summed E-state index contributed by atoms with van der Waals surface area (Å²) in [6.07, 6.45) is 0. The van der Waals surface area contributed by atoms with Crippen molar-refractivity contribution in [1.29, 1.82) is 0 Å². The van der Waals surface area contributed by atoms with Gasteiger partial charge in [0.2, 0.25) is 5.95 Å². The van der Waals surface area contributed by atoms with E-state index >= 15 is 0 Å². The van der Waals surface area contributed by atoms with E-state index < -0.39 is 11.1 Å². The highest BCUT2D eigenvalue weighted by atomic mass is 16.5. The van der Waals surface area contributed by atoms with E-state index in [9.17, 15) is 9.59 Å². The second-order valence-corrected chi connectivity index (χ2v) is 6.79. The molecule has 30 heavy (non-hydrogen) atoms. The van der Waals surface area contributed by atoms with Crippen LogP contribution in [0.3, 0.4) is 0 Å². The Balaban J connectivity index is 1.74. The van der Waals surface area contributed by atoms with Gasteiger partial charge in [0.25, 0.3) is 0 Å². The van der Waals surface area contributed by atoms with Gasteiger partial charge in [-0.1, -0.05) is 0 Å². The van der Waals surface area contributed by atoms with Crippen molar-refractivity contribution in [2.45, 2.75) is 13.1 Å². The quantitative estimate of drug-likeness (QED) is 0.571. The van der Waals surface area contributed by atoms with Crippen LogP contribution in [0.1, 0.15) is 5.56 Å². The molecule has 4 rings (SSSR count). The Morgan fingerprint density at radius 2 is 1.47 bits per heavy atom. The van der Waals surface area contributed by atoms with Crippen LogP contribution in [-0.2, 0) is 13.1 Å². The summed E-state index contributed by atoms with van der Waals surface area (Å²) in [6.45, 7) is 1.06. The molecule has 156 valence electrons. The molecule has 0 unspecified atom stereocenters. The van der Waals surface area contributed by atoms with E-state index in [0.717, 1.165) is 17.0 Å². The van der Waals surface area contributed by atoms with Crippen molar-refractivity contribution in [3.63, 3.8) is 0 Å². The first kappa shape index (κ1) is 19.6. The van der Waals surface area contributed by atoms with Crippen LogP contribution in [0, 0.1) is 0 Å². The summed E-state index contributed by atoms with van der Waals surface area (Å²) < 4.78 is 18.4. The highest BCUT2D eigenvalue weighted by molar-refractivity contribution is 5.59. The molecule has 0 bridgehead atoms. The highest BCUT2D eigenvalue weighted by Crippen LogP contribution is 2.28. The molecule has 0 N–H and O–H groups in total. The van der Waals surface area contributed by atoms with Crippen LogP contribution < -0.4 is 30.2 Å². The van der Waals surface area contributed by atoms with Crippen LogP contribution in [0.2, 0.25) is 0 Å². The van der Waals surface area contributed by atoms with Crippen molar-refractivity contribution in [2.75, 3.05) is 32.8 Å². The lowest BCUT2D eigenvalue weighted by Gasteiger charge is -2.18. The van der Waals surface area contributed by atoms with Crippen LogP contribution in [0.15, 0.2) is 52.1 Å². The zero-order valence-corrected chi connectivity index (χ0v) is 17.0. The molecule has 0 aliphatic carbocycles. The zero-order chi connectivity index (χ0) is 21.3. The summed E-state index contributed by atoms with van der Waals surface area (Å²) in [6, 6.07) is 12.8. The second kappa shape index (κ2) is 7.94. The fourth-order valence-electron chi connectivity index (χ4n) is 3.47. The second-order valence-electron chi connectivity index (χ2n) is 6.79. The molecule has 1 aliphatic rings. The number of ether oxygens (including phenoxy) is 3. The Bertz CT molecular complexity index is 1160. The molecule has 0 saturated carbocycles. The van der Waals surface area contributed by atoms with Crippen LogP contribution >= 0.6 is 0 Å². The predicted molar refractivity (Wildman–Crippen MR) is 111 cm³/mol. The average molecular weight is 410 g/mol. The Morgan fingerprint density at radius 3 is 2.07 bits per heavy atom. The van der Waals surface area contributed by atoms with E-state index in [1.807, 2.05) is 29.2 Å². The van der Waals surface area contributed by atoms with Crippen molar-refractivity contribution < 1.29 is 14.2 Å². The Kier molecular flexibility index (Phi) is 5.18. The first-order valence-corrected chi connectivity index (χ1v) is 9.39. The number of fused-ring (bicyclic) bond motifs is 1. The molecule has 2 aromatic carbocycles. The summed E-state index contributed by atoms with van der Waals surface area (Å²) >= 11 is 0. The molecule has 9 nitrogen and oxygen atoms in total. The van der Waals surface area contributed by atoms with Gasteiger partial charge in [-0.3, -0.25) is 14.2 Å². The molecule has 1 aliphatic heterocycles. The molecule has 9 heteroatoms. The minimum absolute atomic E-state index is 0.117. The average Bonchev–Trinajstić information content (AvgIpc) is 3.20. The SMILES string of the molecule is COc1ccc(N2CCn3c2nn(Cc2cc(OC)cc(OC)c2)c(=O)c3=O)cc1. The molecule has 0 radical (unpaired) electrons. The molecule has 0 spiro atoms. The normalized spacial score (nSPS) is 12.6. The van der Waals surface area contributed by atoms with E-state index in [0.29, 0.717) is 30.5 Å². The van der Waals surface area contributed by atoms with E-state index in [-0.39, 0.29) is 6.54 Å². The molecule has 0 fully saturated rings. The summed E-state index contributed by atoms with van der Waals surface area (Å²) in [5.74, 6) is 2.35. The number of nitrogens with zero attached hydrogens (tertiary/aromatic N) is 4. The van der Waals surface area contributed by atoms with Gasteiger partial charge in [-0.2, -0.15) is 0 Å². The maximum Gasteiger partial charge on any atom is 0.333 e. The van der Waals surface area contributed by atoms with Crippen LogP contribution in [-0.4, -0.2) is 42.2 Å². The van der Waals surface area contributed by atoms with Gasteiger partial charge in [0.15, 0.2) is 0 Å². The number of aromatic nitrogens is 3. The molecular weight excluding hydrogens is 388 g/mol. The van der Waals surface area contributed by atoms with Crippen LogP contribution in [0.4, 0.5) is 11.6 Å². The van der Waals surface area contributed by atoms with E-state index in [1.54, 1.807) is 39.5 Å². The summed E-state index contributed by atoms with van der Waals surface area (Å²) in [4.78, 5) is 27.2. The lowest BCUT2D eigenvalue weighted by atomic mass is 10.2. The fraction of sp³-hybridized carbons (Fsp3) is 0.286. The van der Waals surface area contributed by atoms with Crippen molar-refractivity contribution in [3.05, 3.63) is 68.7 Å². The fourth-order valence-corrected chi connectivity index (χ4v) is 3.47. The van der Waals surface area contributed by atoms with E-state index in [1.165, 1.54) is 9.25 Å².